The van der Waals surface area contributed by atoms with Gasteiger partial charge in [-0.2, -0.15) is 0 Å². The Labute approximate surface area is 175 Å². The number of amides is 2. The van der Waals surface area contributed by atoms with Crippen LogP contribution >= 0.6 is 15.9 Å². The Bertz CT molecular complexity index is 844. The fourth-order valence-corrected chi connectivity index (χ4v) is 3.03. The Hall–Kier alpha value is -2.34. The Kier molecular flexibility index (Phi) is 7.63. The van der Waals surface area contributed by atoms with Gasteiger partial charge in [0, 0.05) is 17.8 Å². The molecule has 0 unspecified atom stereocenters. The quantitative estimate of drug-likeness (QED) is 0.433. The molecule has 2 amide bonds. The lowest BCUT2D eigenvalue weighted by Crippen LogP contribution is -2.30. The van der Waals surface area contributed by atoms with Gasteiger partial charge in [-0.05, 0) is 64.5 Å². The summed E-state index contributed by atoms with van der Waals surface area (Å²) in [5.74, 6) is 0.751. The van der Waals surface area contributed by atoms with E-state index in [0.29, 0.717) is 30.8 Å². The lowest BCUT2D eigenvalue weighted by Gasteiger charge is -2.20. The van der Waals surface area contributed by atoms with Crippen molar-refractivity contribution in [1.29, 1.82) is 0 Å². The summed E-state index contributed by atoms with van der Waals surface area (Å²) in [5, 5.41) is 5.51. The van der Waals surface area contributed by atoms with E-state index in [9.17, 15) is 9.59 Å². The van der Waals surface area contributed by atoms with Crippen LogP contribution in [0.25, 0.3) is 0 Å². The molecule has 0 heterocycles. The van der Waals surface area contributed by atoms with Crippen LogP contribution < -0.4 is 15.4 Å². The van der Waals surface area contributed by atoms with E-state index in [-0.39, 0.29) is 17.2 Å². The second-order valence-electron chi connectivity index (χ2n) is 7.62. The summed E-state index contributed by atoms with van der Waals surface area (Å²) in [5.41, 5.74) is 2.47. The van der Waals surface area contributed by atoms with Crippen LogP contribution in [0, 0.1) is 0 Å². The zero-order chi connectivity index (χ0) is 20.7. The molecule has 0 radical (unpaired) electrons. The first-order valence-electron chi connectivity index (χ1n) is 9.25. The highest BCUT2D eigenvalue weighted by Crippen LogP contribution is 2.31. The number of ether oxygens (including phenoxy) is 1. The van der Waals surface area contributed by atoms with E-state index < -0.39 is 0 Å². The standard InChI is InChI=1S/C22H27BrN2O3/c1-15(26)16-7-5-8-18(13-16)25-21(27)24-11-6-12-28-20-10-9-17(14-19(20)23)22(2,3)4/h5,7-10,13-14H,6,11-12H2,1-4H3,(H2,24,25,27). The molecular formula is C22H27BrN2O3. The Balaban J connectivity index is 1.74. The van der Waals surface area contributed by atoms with Crippen LogP contribution in [0.15, 0.2) is 46.9 Å². The fraction of sp³-hybridized carbons (Fsp3) is 0.364. The van der Waals surface area contributed by atoms with Gasteiger partial charge in [0.25, 0.3) is 0 Å². The minimum absolute atomic E-state index is 0.0390. The van der Waals surface area contributed by atoms with Crippen molar-refractivity contribution < 1.29 is 14.3 Å². The largest absolute Gasteiger partial charge is 0.492 e. The number of halogens is 1. The van der Waals surface area contributed by atoms with Gasteiger partial charge in [-0.1, -0.05) is 39.0 Å². The topological polar surface area (TPSA) is 67.4 Å². The van der Waals surface area contributed by atoms with Crippen LogP contribution in [0.1, 0.15) is 50.0 Å². The molecule has 6 heteroatoms. The van der Waals surface area contributed by atoms with Crippen molar-refractivity contribution in [2.75, 3.05) is 18.5 Å². The highest BCUT2D eigenvalue weighted by Gasteiger charge is 2.15. The fourth-order valence-electron chi connectivity index (χ4n) is 2.53. The van der Waals surface area contributed by atoms with Gasteiger partial charge >= 0.3 is 6.03 Å². The smallest absolute Gasteiger partial charge is 0.319 e. The summed E-state index contributed by atoms with van der Waals surface area (Å²) >= 11 is 3.56. The predicted octanol–water partition coefficient (Wildman–Crippen LogP) is 5.54. The van der Waals surface area contributed by atoms with Crippen LogP contribution in [0.2, 0.25) is 0 Å². The summed E-state index contributed by atoms with van der Waals surface area (Å²) in [6.07, 6.45) is 0.675. The number of anilines is 1. The van der Waals surface area contributed by atoms with Crippen molar-refractivity contribution in [2.45, 2.75) is 39.5 Å². The van der Waals surface area contributed by atoms with E-state index in [4.69, 9.17) is 4.74 Å². The molecule has 150 valence electrons. The highest BCUT2D eigenvalue weighted by molar-refractivity contribution is 9.10. The third-order valence-electron chi connectivity index (χ3n) is 4.19. The van der Waals surface area contributed by atoms with Crippen molar-refractivity contribution in [3.8, 4) is 5.75 Å². The van der Waals surface area contributed by atoms with Gasteiger partial charge < -0.3 is 15.4 Å². The maximum Gasteiger partial charge on any atom is 0.319 e. The summed E-state index contributed by atoms with van der Waals surface area (Å²) in [7, 11) is 0. The van der Waals surface area contributed by atoms with Crippen molar-refractivity contribution in [1.82, 2.24) is 5.32 Å². The van der Waals surface area contributed by atoms with Crippen molar-refractivity contribution in [2.24, 2.45) is 0 Å². The number of Topliss-reactive ketones (excluding diaryl/α,β-unsaturated/α-hetero) is 1. The van der Waals surface area contributed by atoms with E-state index in [1.54, 1.807) is 24.3 Å². The maximum atomic E-state index is 12.0. The molecular weight excluding hydrogens is 420 g/mol. The maximum absolute atomic E-state index is 12.0. The van der Waals surface area contributed by atoms with Gasteiger partial charge in [0.2, 0.25) is 0 Å². The monoisotopic (exact) mass is 446 g/mol. The number of nitrogens with one attached hydrogen (secondary N) is 2. The molecule has 2 aromatic carbocycles. The number of hydrogen-bond donors (Lipinski definition) is 2. The van der Waals surface area contributed by atoms with Crippen LogP contribution in [0.4, 0.5) is 10.5 Å². The minimum Gasteiger partial charge on any atom is -0.492 e. The molecule has 2 aromatic rings. The number of ketones is 1. The summed E-state index contributed by atoms with van der Waals surface area (Å²) in [6.45, 7) is 8.98. The number of urea groups is 1. The summed E-state index contributed by atoms with van der Waals surface area (Å²) < 4.78 is 6.72. The Morgan fingerprint density at radius 3 is 2.50 bits per heavy atom. The first kappa shape index (κ1) is 22.0. The van der Waals surface area contributed by atoms with Crippen LogP contribution in [-0.4, -0.2) is 25.0 Å². The third kappa shape index (κ3) is 6.68. The number of carbonyl (C=O) groups excluding carboxylic acids is 2. The first-order chi connectivity index (χ1) is 13.2. The van der Waals surface area contributed by atoms with Gasteiger partial charge in [-0.25, -0.2) is 4.79 Å². The van der Waals surface area contributed by atoms with E-state index in [1.165, 1.54) is 12.5 Å². The molecule has 0 spiro atoms. The predicted molar refractivity (Wildman–Crippen MR) is 116 cm³/mol. The number of rotatable bonds is 7. The highest BCUT2D eigenvalue weighted by atomic mass is 79.9. The lowest BCUT2D eigenvalue weighted by atomic mass is 9.87. The molecule has 0 aliphatic carbocycles. The van der Waals surface area contributed by atoms with Gasteiger partial charge in [0.15, 0.2) is 5.78 Å². The van der Waals surface area contributed by atoms with Gasteiger partial charge in [0.05, 0.1) is 11.1 Å². The molecule has 5 nitrogen and oxygen atoms in total. The average Bonchev–Trinajstić information content (AvgIpc) is 2.62. The molecule has 28 heavy (non-hydrogen) atoms. The zero-order valence-electron chi connectivity index (χ0n) is 16.8. The van der Waals surface area contributed by atoms with E-state index in [0.717, 1.165) is 10.2 Å². The van der Waals surface area contributed by atoms with Crippen LogP contribution in [0.5, 0.6) is 5.75 Å². The minimum atomic E-state index is -0.309. The third-order valence-corrected chi connectivity index (χ3v) is 4.81. The molecule has 0 atom stereocenters. The number of hydrogen-bond acceptors (Lipinski definition) is 3. The second-order valence-corrected chi connectivity index (χ2v) is 8.47. The van der Waals surface area contributed by atoms with E-state index >= 15 is 0 Å². The normalized spacial score (nSPS) is 11.0. The molecule has 2 N–H and O–H groups in total. The lowest BCUT2D eigenvalue weighted by molar-refractivity contribution is 0.101. The zero-order valence-corrected chi connectivity index (χ0v) is 18.4. The summed E-state index contributed by atoms with van der Waals surface area (Å²) in [4.78, 5) is 23.3. The first-order valence-corrected chi connectivity index (χ1v) is 10.0. The molecule has 2 rings (SSSR count). The molecule has 0 aliphatic rings. The SMILES string of the molecule is CC(=O)c1cccc(NC(=O)NCCCOc2ccc(C(C)(C)C)cc2Br)c1. The van der Waals surface area contributed by atoms with Gasteiger partial charge in [0.1, 0.15) is 5.75 Å². The van der Waals surface area contributed by atoms with Gasteiger partial charge in [-0.3, -0.25) is 4.79 Å². The molecule has 0 bridgehead atoms. The molecule has 0 saturated carbocycles. The number of benzene rings is 2. The van der Waals surface area contributed by atoms with Crippen molar-refractivity contribution >= 4 is 33.4 Å². The molecule has 0 saturated heterocycles. The van der Waals surface area contributed by atoms with Crippen molar-refractivity contribution in [3.63, 3.8) is 0 Å². The average molecular weight is 447 g/mol. The van der Waals surface area contributed by atoms with E-state index in [2.05, 4.69) is 59.5 Å². The van der Waals surface area contributed by atoms with Crippen LogP contribution in [-0.2, 0) is 5.41 Å². The molecule has 0 fully saturated rings. The van der Waals surface area contributed by atoms with Crippen molar-refractivity contribution in [3.05, 3.63) is 58.1 Å². The molecule has 0 aromatic heterocycles. The molecule has 0 aliphatic heterocycles. The Morgan fingerprint density at radius 2 is 1.86 bits per heavy atom. The van der Waals surface area contributed by atoms with Gasteiger partial charge in [-0.15, -0.1) is 0 Å². The number of carbonyl (C=O) groups is 2. The van der Waals surface area contributed by atoms with Crippen LogP contribution in [0.3, 0.4) is 0 Å². The van der Waals surface area contributed by atoms with E-state index in [1.807, 2.05) is 6.07 Å². The summed E-state index contributed by atoms with van der Waals surface area (Å²) in [6, 6.07) is 12.7. The Morgan fingerprint density at radius 1 is 1.11 bits per heavy atom. The second kappa shape index (κ2) is 9.73.